The summed E-state index contributed by atoms with van der Waals surface area (Å²) in [6, 6.07) is 5.06. The lowest BCUT2D eigenvalue weighted by Gasteiger charge is -2.10. The quantitative estimate of drug-likeness (QED) is 0.479. The molecule has 28 heavy (non-hydrogen) atoms. The smallest absolute Gasteiger partial charge is 0.310 e. The Kier molecular flexibility index (Phi) is 4.44. The highest BCUT2D eigenvalue weighted by Gasteiger charge is 2.20. The molecule has 3 heterocycles. The van der Waals surface area contributed by atoms with Crippen LogP contribution in [0, 0.1) is 6.92 Å². The van der Waals surface area contributed by atoms with Gasteiger partial charge in [-0.25, -0.2) is 4.79 Å². The number of hydrogen-bond donors (Lipinski definition) is 0. The van der Waals surface area contributed by atoms with Gasteiger partial charge in [-0.2, -0.15) is 4.98 Å². The number of allylic oxidation sites excluding steroid dienone is 1. The Morgan fingerprint density at radius 1 is 1.18 bits per heavy atom. The van der Waals surface area contributed by atoms with Gasteiger partial charge in [-0.05, 0) is 19.1 Å². The Morgan fingerprint density at radius 2 is 1.86 bits per heavy atom. The Labute approximate surface area is 169 Å². The second-order valence-electron chi connectivity index (χ2n) is 6.56. The highest BCUT2D eigenvalue weighted by Crippen LogP contribution is 2.24. The first-order chi connectivity index (χ1) is 13.3. The number of halogens is 2. The van der Waals surface area contributed by atoms with E-state index in [1.54, 1.807) is 35.7 Å². The minimum Gasteiger partial charge on any atom is -0.310 e. The zero-order valence-corrected chi connectivity index (χ0v) is 16.8. The van der Waals surface area contributed by atoms with E-state index in [2.05, 4.69) is 11.6 Å². The number of rotatable bonds is 4. The maximum absolute atomic E-state index is 13.3. The molecule has 3 aromatic heterocycles. The van der Waals surface area contributed by atoms with Crippen LogP contribution in [0.1, 0.15) is 11.3 Å². The third-order valence-corrected chi connectivity index (χ3v) is 5.54. The summed E-state index contributed by atoms with van der Waals surface area (Å²) >= 11 is 12.5. The van der Waals surface area contributed by atoms with Gasteiger partial charge in [0.1, 0.15) is 0 Å². The fourth-order valence-electron chi connectivity index (χ4n) is 3.39. The van der Waals surface area contributed by atoms with Gasteiger partial charge in [0.05, 0.1) is 6.54 Å². The fourth-order valence-corrected chi connectivity index (χ4v) is 3.91. The molecule has 9 heteroatoms. The van der Waals surface area contributed by atoms with E-state index in [-0.39, 0.29) is 6.54 Å². The van der Waals surface area contributed by atoms with Crippen molar-refractivity contribution in [1.29, 1.82) is 0 Å². The molecular formula is C19H17Cl2N5O2. The Bertz CT molecular complexity index is 1350. The molecule has 4 aromatic rings. The van der Waals surface area contributed by atoms with Crippen LogP contribution in [-0.4, -0.2) is 23.1 Å². The van der Waals surface area contributed by atoms with E-state index in [4.69, 9.17) is 23.2 Å². The van der Waals surface area contributed by atoms with Crippen LogP contribution in [0.15, 0.2) is 46.6 Å². The van der Waals surface area contributed by atoms with Crippen molar-refractivity contribution in [2.75, 3.05) is 0 Å². The first kappa shape index (κ1) is 18.6. The second-order valence-corrected chi connectivity index (χ2v) is 7.37. The Balaban J connectivity index is 2.05. The lowest BCUT2D eigenvalue weighted by Crippen LogP contribution is -2.39. The minimum absolute atomic E-state index is 0.0282. The summed E-state index contributed by atoms with van der Waals surface area (Å²) in [6.45, 7) is 6.20. The number of aryl methyl sites for hydroxylation is 2. The zero-order chi connectivity index (χ0) is 20.2. The molecule has 0 spiro atoms. The normalized spacial score (nSPS) is 11.6. The molecule has 144 valence electrons. The van der Waals surface area contributed by atoms with Gasteiger partial charge in [0.15, 0.2) is 11.2 Å². The number of nitrogens with zero attached hydrogens (tertiary/aromatic N) is 5. The standard InChI is InChI=1S/C19H17Cl2N5O2/c1-4-8-24-11(2)9-25-15-16(22-18(24)25)23(3)19(28)26(17(15)27)10-12-13(20)6-5-7-14(12)21/h4-7,9H,1,8,10H2,2-3H3. The summed E-state index contributed by atoms with van der Waals surface area (Å²) < 4.78 is 6.12. The molecule has 0 saturated heterocycles. The number of imidazole rings is 2. The van der Waals surface area contributed by atoms with E-state index in [1.165, 1.54) is 4.57 Å². The molecule has 0 saturated carbocycles. The Morgan fingerprint density at radius 3 is 2.50 bits per heavy atom. The third kappa shape index (κ3) is 2.62. The van der Waals surface area contributed by atoms with Crippen LogP contribution in [0.4, 0.5) is 0 Å². The second kappa shape index (κ2) is 6.68. The summed E-state index contributed by atoms with van der Waals surface area (Å²) in [5.74, 6) is 0.577. The molecular weight excluding hydrogens is 401 g/mol. The molecule has 0 radical (unpaired) electrons. The molecule has 4 rings (SSSR count). The van der Waals surface area contributed by atoms with E-state index in [1.807, 2.05) is 17.7 Å². The number of fused-ring (bicyclic) bond motifs is 3. The molecule has 0 aliphatic heterocycles. The summed E-state index contributed by atoms with van der Waals surface area (Å²) in [6.07, 6.45) is 3.58. The van der Waals surface area contributed by atoms with Crippen molar-refractivity contribution in [2.24, 2.45) is 7.05 Å². The van der Waals surface area contributed by atoms with Crippen molar-refractivity contribution >= 4 is 40.1 Å². The van der Waals surface area contributed by atoms with E-state index in [9.17, 15) is 9.59 Å². The van der Waals surface area contributed by atoms with Gasteiger partial charge in [-0.3, -0.25) is 18.3 Å². The lowest BCUT2D eigenvalue weighted by atomic mass is 10.2. The van der Waals surface area contributed by atoms with Crippen LogP contribution in [-0.2, 0) is 20.1 Å². The van der Waals surface area contributed by atoms with Gasteiger partial charge in [0.25, 0.3) is 5.56 Å². The number of aromatic nitrogens is 5. The van der Waals surface area contributed by atoms with E-state index in [0.29, 0.717) is 39.1 Å². The van der Waals surface area contributed by atoms with Gasteiger partial charge in [-0.1, -0.05) is 35.3 Å². The molecule has 0 atom stereocenters. The van der Waals surface area contributed by atoms with Crippen molar-refractivity contribution < 1.29 is 0 Å². The van der Waals surface area contributed by atoms with Gasteiger partial charge in [0, 0.05) is 41.1 Å². The maximum atomic E-state index is 13.3. The van der Waals surface area contributed by atoms with Crippen LogP contribution in [0.25, 0.3) is 16.9 Å². The minimum atomic E-state index is -0.485. The van der Waals surface area contributed by atoms with Crippen LogP contribution in [0.5, 0.6) is 0 Å². The molecule has 0 aliphatic carbocycles. The largest absolute Gasteiger partial charge is 0.332 e. The van der Waals surface area contributed by atoms with Crippen molar-refractivity contribution in [2.45, 2.75) is 20.0 Å². The SMILES string of the molecule is C=CCn1c(C)cn2c3c(=O)n(Cc4c(Cl)cccc4Cl)c(=O)n(C)c3nc12. The molecule has 0 amide bonds. The topological polar surface area (TPSA) is 66.2 Å². The fraction of sp³-hybridized carbons (Fsp3) is 0.211. The molecule has 0 fully saturated rings. The summed E-state index contributed by atoms with van der Waals surface area (Å²) in [5.41, 5.74) is 1.16. The summed E-state index contributed by atoms with van der Waals surface area (Å²) in [5, 5.41) is 0.793. The van der Waals surface area contributed by atoms with Crippen LogP contribution < -0.4 is 11.2 Å². The van der Waals surface area contributed by atoms with Crippen molar-refractivity contribution in [3.05, 3.63) is 79.2 Å². The maximum Gasteiger partial charge on any atom is 0.332 e. The predicted molar refractivity (Wildman–Crippen MR) is 111 cm³/mol. The van der Waals surface area contributed by atoms with Gasteiger partial charge in [0.2, 0.25) is 5.78 Å². The highest BCUT2D eigenvalue weighted by atomic mass is 35.5. The zero-order valence-electron chi connectivity index (χ0n) is 15.3. The summed E-state index contributed by atoms with van der Waals surface area (Å²) in [7, 11) is 1.59. The van der Waals surface area contributed by atoms with Gasteiger partial charge in [-0.15, -0.1) is 6.58 Å². The van der Waals surface area contributed by atoms with Crippen LogP contribution in [0.3, 0.4) is 0 Å². The molecule has 0 aliphatic rings. The molecule has 0 unspecified atom stereocenters. The highest BCUT2D eigenvalue weighted by molar-refractivity contribution is 6.35. The molecule has 0 N–H and O–H groups in total. The van der Waals surface area contributed by atoms with Crippen LogP contribution >= 0.6 is 23.2 Å². The van der Waals surface area contributed by atoms with Gasteiger partial charge < -0.3 is 4.57 Å². The molecule has 1 aromatic carbocycles. The van der Waals surface area contributed by atoms with Crippen molar-refractivity contribution in [3.8, 4) is 0 Å². The summed E-state index contributed by atoms with van der Waals surface area (Å²) in [4.78, 5) is 30.7. The first-order valence-corrected chi connectivity index (χ1v) is 9.32. The monoisotopic (exact) mass is 417 g/mol. The van der Waals surface area contributed by atoms with Crippen molar-refractivity contribution in [3.63, 3.8) is 0 Å². The van der Waals surface area contributed by atoms with Crippen molar-refractivity contribution in [1.82, 2.24) is 23.1 Å². The van der Waals surface area contributed by atoms with E-state index >= 15 is 0 Å². The third-order valence-electron chi connectivity index (χ3n) is 4.83. The predicted octanol–water partition coefficient (Wildman–Crippen LogP) is 3.00. The lowest BCUT2D eigenvalue weighted by molar-refractivity contribution is 0.656. The van der Waals surface area contributed by atoms with Gasteiger partial charge >= 0.3 is 5.69 Å². The first-order valence-electron chi connectivity index (χ1n) is 8.56. The Hall–Kier alpha value is -2.77. The average Bonchev–Trinajstić information content (AvgIpc) is 3.15. The molecule has 7 nitrogen and oxygen atoms in total. The number of hydrogen-bond acceptors (Lipinski definition) is 3. The average molecular weight is 418 g/mol. The molecule has 0 bridgehead atoms. The number of benzene rings is 1. The van der Waals surface area contributed by atoms with Crippen LogP contribution in [0.2, 0.25) is 10.0 Å². The van der Waals surface area contributed by atoms with E-state index < -0.39 is 11.2 Å². The van der Waals surface area contributed by atoms with E-state index in [0.717, 1.165) is 10.3 Å².